The predicted octanol–water partition coefficient (Wildman–Crippen LogP) is 16.9. The van der Waals surface area contributed by atoms with Gasteiger partial charge in [0.1, 0.15) is 42.3 Å². The fourth-order valence-corrected chi connectivity index (χ4v) is 8.83. The molecule has 0 saturated heterocycles. The van der Waals surface area contributed by atoms with E-state index in [1.807, 2.05) is 32.5 Å². The van der Waals surface area contributed by atoms with E-state index >= 15 is 0 Å². The molecular formula is C68H79Br4I11N30O9V2-. The van der Waals surface area contributed by atoms with E-state index < -0.39 is 0 Å². The molecule has 0 aliphatic rings. The Morgan fingerprint density at radius 1 is 0.476 bits per heavy atom. The molecule has 0 amide bonds. The first kappa shape index (κ1) is 127. The van der Waals surface area contributed by atoms with Crippen LogP contribution >= 0.6 is 304 Å². The topological polar surface area (TPSA) is 571 Å². The van der Waals surface area contributed by atoms with Gasteiger partial charge >= 0.3 is 64.9 Å². The third kappa shape index (κ3) is 55.0. The fraction of sp³-hybridized carbons (Fsp3) is 0.221. The number of halogens is 15. The minimum atomic E-state index is -0.390. The molecule has 39 nitrogen and oxygen atoms in total. The Morgan fingerprint density at radius 3 is 1.24 bits per heavy atom. The molecule has 56 heteroatoms. The maximum atomic E-state index is 12.1. The molecule has 0 fully saturated rings. The zero-order valence-corrected chi connectivity index (χ0v) is 99.0. The van der Waals surface area contributed by atoms with Gasteiger partial charge in [0.25, 0.3) is 5.56 Å². The summed E-state index contributed by atoms with van der Waals surface area (Å²) in [6.07, 6.45) is 25.2. The third-order valence-corrected chi connectivity index (χ3v) is 13.6. The number of Topliss-reactive ketones (excluding diaryl/α,β-unsaturated/α-hetero) is 2. The number of aromatic amines is 1. The number of rotatable bonds is 16. The average Bonchev–Trinajstić information content (AvgIpc) is 0.805. The Bertz CT molecular complexity index is 5090. The summed E-state index contributed by atoms with van der Waals surface area (Å²) in [5, 5.41) is 0. The summed E-state index contributed by atoms with van der Waals surface area (Å²) in [4.78, 5) is 154. The summed E-state index contributed by atoms with van der Waals surface area (Å²) in [7, 11) is 13.0. The van der Waals surface area contributed by atoms with E-state index in [4.69, 9.17) is 53.3 Å². The molecule has 0 saturated carbocycles. The number of allylic oxidation sites excluding steroid dienone is 2. The number of alkyl halides is 7. The van der Waals surface area contributed by atoms with Crippen LogP contribution in [-0.4, -0.2) is 211 Å². The Labute approximate surface area is 908 Å². The summed E-state index contributed by atoms with van der Waals surface area (Å²) in [6.45, 7) is 2.71. The maximum absolute atomic E-state index is 12.1. The van der Waals surface area contributed by atoms with Crippen LogP contribution in [0, 0.1) is 4.93 Å². The summed E-state index contributed by atoms with van der Waals surface area (Å²) >= 11 is 37.7. The zero-order chi connectivity index (χ0) is 93.1. The van der Waals surface area contributed by atoms with Gasteiger partial charge in [-0.2, -0.15) is 0 Å². The number of carbonyl (C=O) groups excluding carboxylic acids is 4. The molecule has 0 atom stereocenters. The molecule has 0 bridgehead atoms. The second-order valence-electron chi connectivity index (χ2n) is 20.4. The Morgan fingerprint density at radius 2 is 0.855 bits per heavy atom. The number of ether oxygens (including phenoxy) is 4. The van der Waals surface area contributed by atoms with Crippen LogP contribution < -0.4 is 58.9 Å². The predicted molar refractivity (Wildman–Crippen MR) is 586 cm³/mol. The molecule has 11 aromatic rings. The van der Waals surface area contributed by atoms with Gasteiger partial charge in [0.15, 0.2) is 44.8 Å². The molecule has 0 unspecified atom stereocenters. The van der Waals surface area contributed by atoms with E-state index in [0.29, 0.717) is 81.7 Å². The van der Waals surface area contributed by atoms with Crippen molar-refractivity contribution in [3.8, 4) is 69.1 Å². The standard InChI is InChI=1S/C15H20N4O3.C13H12N8O.C12H10N8O.C9H10N2O3.C5H4Br2N2O.C4H3Br2N3.C4H5N3.CHI3.CH2I2.2CH3I.CH2I.CH4.3HI.2V/c1-18(2)8-6-12(20)11-10-16-15(22-5)14(17-11)13(21)7-9-19(3)4;1-22-11-10(8-3-5-17-13(15)21-8)19-9(6-18-11)7-2-4-16-12(14)20-7;13-11-15-3-1-6(19-11)8-5-17-10(21)9(18-8)7-2-4-16-12(14)20-7;1-5(12)7-4-10-9(14-3)8(11-7)6(2)13;1-10-5-4(7)9-3(6)2-8-5;5-2-1-8-4(7)3(6)9-2;5-4-3-6-1-2-7-4;2-1(3)4;2-1-3;3*1-2;;;;;;/h6-10H,1-5H3;2-6H,1H3,(H2,14,16,20)(H2,15,17,21);1-5H,(H,17,21)(H2,13,15,19)(H2,14,16,20);4H,1-3H3;2H,1H3;1H,(H2,7,8);1-3H,(H2,5,7);1H;1H2;2*1H3;1H2;1H4;3*1H;;/q;;;;;;;;;;;-1;;;;;;+3/p-3/b8-6+,9-7+;;;;;;;;;;;;;;;;;. The van der Waals surface area contributed by atoms with Crippen molar-refractivity contribution in [3.63, 3.8) is 0 Å². The van der Waals surface area contributed by atoms with E-state index in [2.05, 4.69) is 396 Å². The summed E-state index contributed by atoms with van der Waals surface area (Å²) in [5.74, 6) is 1.13. The van der Waals surface area contributed by atoms with Gasteiger partial charge in [-0.15, -0.1) is 0 Å². The SMILES string of the molecule is C.CI.CI.COc1ncc(-c2ccnc(N)n2)nc1-c1ccnc(N)n1.COc1ncc(Br)nc1Br.COc1ncc(C(=O)/C=C/N(C)C)nc1C(=O)/C=C/N(C)C.COc1ncc(C(C)=O)nc1C(C)=O.IC(I)I.ICI.Nc1cnccn1.Nc1ncc(Br)nc1Br.Nc1nccc(-c2c[nH]c(=O)c(-c3ccnc(N)n3)n2)n1.[CH2-]I.[I][V]([I])[I].[V]. The van der Waals surface area contributed by atoms with Crippen LogP contribution in [0.4, 0.5) is 35.4 Å². The molecule has 11 rings (SSSR count). The van der Waals surface area contributed by atoms with E-state index in [1.54, 1.807) is 113 Å². The monoisotopic (exact) mass is 3270 g/mol. The van der Waals surface area contributed by atoms with Gasteiger partial charge in [-0.1, -0.05) is 166 Å². The van der Waals surface area contributed by atoms with E-state index in [0.717, 1.165) is -0.0619 Å². The molecule has 11 heterocycles. The van der Waals surface area contributed by atoms with Crippen LogP contribution in [0.3, 0.4) is 0 Å². The maximum Gasteiger partial charge on any atom is 0 e. The smallest absolute Gasteiger partial charge is 0 e. The van der Waals surface area contributed by atoms with Gasteiger partial charge in [0.2, 0.25) is 58.9 Å². The molecule has 0 spiro atoms. The molecule has 0 aromatic carbocycles. The van der Waals surface area contributed by atoms with Crippen LogP contribution in [0.15, 0.2) is 153 Å². The van der Waals surface area contributed by atoms with Crippen molar-refractivity contribution in [1.29, 1.82) is 0 Å². The Kier molecular flexibility index (Phi) is 76.9. The van der Waals surface area contributed by atoms with Gasteiger partial charge in [-0.3, -0.25) is 33.9 Å². The molecule has 11 aromatic heterocycles. The number of H-pyrrole nitrogens is 1. The van der Waals surface area contributed by atoms with Gasteiger partial charge in [-0.05, 0) is 97.8 Å². The van der Waals surface area contributed by atoms with Crippen LogP contribution in [0.2, 0.25) is 0 Å². The van der Waals surface area contributed by atoms with E-state index in [-0.39, 0.29) is 124 Å². The number of ketones is 4. The number of nitrogens with one attached hydrogen (secondary N) is 1. The van der Waals surface area contributed by atoms with Crippen molar-refractivity contribution in [2.45, 2.75) is 21.2 Å². The average molecular weight is 3280 g/mol. The van der Waals surface area contributed by atoms with E-state index in [9.17, 15) is 24.0 Å². The number of aromatic nitrogens is 22. The Hall–Kier alpha value is -3.44. The van der Waals surface area contributed by atoms with Gasteiger partial charge < -0.3 is 90.7 Å². The number of anilines is 6. The number of hydrogen-bond donors (Lipinski definition) is 7. The quantitative estimate of drug-likeness (QED) is 0.0155. The van der Waals surface area contributed by atoms with Crippen LogP contribution in [0.5, 0.6) is 23.5 Å². The molecular weight excluding hydrogens is 3200 g/mol. The summed E-state index contributed by atoms with van der Waals surface area (Å²) < 4.78 is 24.4. The number of hydrogen-bond acceptors (Lipinski definition) is 38. The van der Waals surface area contributed by atoms with Gasteiger partial charge in [0.05, 0.1) is 90.8 Å². The van der Waals surface area contributed by atoms with Crippen molar-refractivity contribution in [1.82, 2.24) is 119 Å². The van der Waals surface area contributed by atoms with Crippen LogP contribution in [0.1, 0.15) is 63.2 Å². The van der Waals surface area contributed by atoms with Crippen LogP contribution in [-0.2, 0) is 23.5 Å². The molecule has 13 N–H and O–H groups in total. The first-order chi connectivity index (χ1) is 57.9. The van der Waals surface area contributed by atoms with Crippen molar-refractivity contribution < 1.29 is 61.6 Å². The first-order valence-electron chi connectivity index (χ1n) is 31.9. The Balaban J connectivity index is -0.000000671. The third-order valence-electron chi connectivity index (χ3n) is 11.7. The second-order valence-corrected chi connectivity index (χ2v) is 74.3. The number of methoxy groups -OCH3 is 4. The van der Waals surface area contributed by atoms with Crippen molar-refractivity contribution in [2.75, 3.05) is 103 Å². The zero-order valence-electron chi connectivity index (χ0n) is 66.1. The van der Waals surface area contributed by atoms with Crippen molar-refractivity contribution >= 4 is 363 Å². The minimum absolute atomic E-state index is 0. The largest absolute Gasteiger partial charge is 0 e. The number of carbonyl (C=O) groups is 4. The summed E-state index contributed by atoms with van der Waals surface area (Å²) in [6, 6.07) is 6.53. The number of nitrogens with zero attached hydrogens (tertiary/aromatic N) is 23. The summed E-state index contributed by atoms with van der Waals surface area (Å²) in [5.41, 5.74) is 36.1. The normalized spacial score (nSPS) is 9.47. The molecule has 124 heavy (non-hydrogen) atoms. The molecule has 671 valence electrons. The van der Waals surface area contributed by atoms with Gasteiger partial charge in [0, 0.05) is 129 Å². The molecule has 0 aliphatic heterocycles. The first-order valence-corrected chi connectivity index (χ1v) is 61.2. The molecule has 1 radical (unpaired) electrons. The minimum Gasteiger partial charge on any atom is 0 e. The van der Waals surface area contributed by atoms with Gasteiger partial charge in [-0.25, -0.2) is 99.7 Å². The second kappa shape index (κ2) is 75.1. The van der Waals surface area contributed by atoms with E-state index in [1.165, 1.54) is 99.3 Å². The number of nitrogens with two attached hydrogens (primary N) is 6. The number of nitrogen functional groups attached to an aromatic ring is 6. The van der Waals surface area contributed by atoms with Crippen molar-refractivity contribution in [3.05, 3.63) is 186 Å². The van der Waals surface area contributed by atoms with Crippen molar-refractivity contribution in [2.24, 2.45) is 0 Å². The molecule has 0 aliphatic carbocycles. The fourth-order valence-electron chi connectivity index (χ4n) is 7.04. The van der Waals surface area contributed by atoms with Crippen LogP contribution in [0.25, 0.3) is 45.6 Å².